The molecular formula is C11H12N4O2. The molecule has 88 valence electrons. The number of nitrogens with one attached hydrogen (secondary N) is 1. The molecule has 2 rings (SSSR count). The quantitative estimate of drug-likeness (QED) is 0.339. The molecule has 0 fully saturated rings. The Balaban J connectivity index is 1.92. The van der Waals surface area contributed by atoms with Gasteiger partial charge in [-0.25, -0.2) is 0 Å². The lowest BCUT2D eigenvalue weighted by Gasteiger charge is -2.01. The van der Waals surface area contributed by atoms with Crippen LogP contribution in [-0.4, -0.2) is 19.3 Å². The van der Waals surface area contributed by atoms with Crippen molar-refractivity contribution in [1.82, 2.24) is 5.32 Å². The Morgan fingerprint density at radius 3 is 3.12 bits per heavy atom. The van der Waals surface area contributed by atoms with Crippen molar-refractivity contribution in [3.8, 4) is 17.7 Å². The number of guanidine groups is 1. The molecule has 1 heterocycles. The van der Waals surface area contributed by atoms with Crippen LogP contribution >= 0.6 is 0 Å². The fourth-order valence-corrected chi connectivity index (χ4v) is 1.50. The molecule has 0 unspecified atom stereocenters. The minimum Gasteiger partial charge on any atom is -0.454 e. The van der Waals surface area contributed by atoms with E-state index in [1.54, 1.807) is 6.19 Å². The Morgan fingerprint density at radius 2 is 2.29 bits per heavy atom. The van der Waals surface area contributed by atoms with E-state index in [0.29, 0.717) is 6.54 Å². The molecule has 6 heteroatoms. The average Bonchev–Trinajstić information content (AvgIpc) is 2.76. The van der Waals surface area contributed by atoms with Crippen LogP contribution in [-0.2, 0) is 6.42 Å². The zero-order chi connectivity index (χ0) is 12.1. The van der Waals surface area contributed by atoms with E-state index >= 15 is 0 Å². The molecule has 0 saturated heterocycles. The second kappa shape index (κ2) is 5.07. The van der Waals surface area contributed by atoms with Gasteiger partial charge in [-0.3, -0.25) is 10.3 Å². The normalized spacial score (nSPS) is 13.2. The molecule has 1 aliphatic rings. The van der Waals surface area contributed by atoms with Gasteiger partial charge in [-0.1, -0.05) is 6.07 Å². The van der Waals surface area contributed by atoms with E-state index in [-0.39, 0.29) is 12.8 Å². The Hall–Kier alpha value is -2.42. The van der Waals surface area contributed by atoms with Gasteiger partial charge in [-0.2, -0.15) is 5.26 Å². The van der Waals surface area contributed by atoms with Crippen molar-refractivity contribution < 1.29 is 9.47 Å². The highest BCUT2D eigenvalue weighted by atomic mass is 16.7. The number of aliphatic imine (C=N–C) groups is 1. The minimum atomic E-state index is 0.133. The van der Waals surface area contributed by atoms with Gasteiger partial charge in [-0.15, -0.1) is 0 Å². The highest BCUT2D eigenvalue weighted by Crippen LogP contribution is 2.32. The summed E-state index contributed by atoms with van der Waals surface area (Å²) in [5.74, 6) is 1.66. The van der Waals surface area contributed by atoms with Crippen molar-refractivity contribution >= 4 is 5.96 Å². The molecular weight excluding hydrogens is 220 g/mol. The predicted molar refractivity (Wildman–Crippen MR) is 61.5 cm³/mol. The van der Waals surface area contributed by atoms with Gasteiger partial charge in [0, 0.05) is 6.54 Å². The first-order valence-corrected chi connectivity index (χ1v) is 5.13. The van der Waals surface area contributed by atoms with Crippen LogP contribution in [0.5, 0.6) is 11.5 Å². The first kappa shape index (κ1) is 11.1. The van der Waals surface area contributed by atoms with Crippen LogP contribution in [0.3, 0.4) is 0 Å². The van der Waals surface area contributed by atoms with Gasteiger partial charge in [0.25, 0.3) is 0 Å². The van der Waals surface area contributed by atoms with Crippen molar-refractivity contribution in [1.29, 1.82) is 5.26 Å². The van der Waals surface area contributed by atoms with Crippen molar-refractivity contribution in [3.05, 3.63) is 23.8 Å². The number of rotatable bonds is 3. The predicted octanol–water partition coefficient (Wildman–Crippen LogP) is 0.343. The standard InChI is InChI=1S/C11H12N4O2/c12-6-15-11(13)14-4-3-8-1-2-9-10(5-8)17-7-16-9/h1-2,5H,3-4,7H2,(H3,13,14,15). The number of hydrogen-bond acceptors (Lipinski definition) is 4. The topological polar surface area (TPSA) is 92.7 Å². The van der Waals surface area contributed by atoms with E-state index in [0.717, 1.165) is 23.5 Å². The number of benzene rings is 1. The molecule has 0 spiro atoms. The van der Waals surface area contributed by atoms with E-state index in [4.69, 9.17) is 20.5 Å². The lowest BCUT2D eigenvalue weighted by atomic mass is 10.1. The van der Waals surface area contributed by atoms with E-state index in [1.165, 1.54) is 0 Å². The van der Waals surface area contributed by atoms with E-state index in [2.05, 4.69) is 10.3 Å². The van der Waals surface area contributed by atoms with Crippen molar-refractivity contribution in [2.24, 2.45) is 10.7 Å². The molecule has 0 atom stereocenters. The second-order valence-electron chi connectivity index (χ2n) is 3.44. The molecule has 0 aromatic heterocycles. The summed E-state index contributed by atoms with van der Waals surface area (Å²) >= 11 is 0. The Bertz CT molecular complexity index is 479. The summed E-state index contributed by atoms with van der Waals surface area (Å²) in [6.45, 7) is 0.788. The molecule has 3 N–H and O–H groups in total. The molecule has 1 aromatic carbocycles. The molecule has 17 heavy (non-hydrogen) atoms. The summed E-state index contributed by atoms with van der Waals surface area (Å²) in [5.41, 5.74) is 6.50. The summed E-state index contributed by atoms with van der Waals surface area (Å²) in [4.78, 5) is 3.99. The van der Waals surface area contributed by atoms with Crippen LogP contribution in [0.4, 0.5) is 0 Å². The highest BCUT2D eigenvalue weighted by Gasteiger charge is 2.12. The fraction of sp³-hybridized carbons (Fsp3) is 0.273. The average molecular weight is 232 g/mol. The van der Waals surface area contributed by atoms with Crippen LogP contribution in [0, 0.1) is 11.5 Å². The Kier molecular flexibility index (Phi) is 3.31. The lowest BCUT2D eigenvalue weighted by Crippen LogP contribution is -2.27. The Morgan fingerprint density at radius 1 is 1.47 bits per heavy atom. The largest absolute Gasteiger partial charge is 0.454 e. The summed E-state index contributed by atoms with van der Waals surface area (Å²) < 4.78 is 10.5. The van der Waals surface area contributed by atoms with Crippen molar-refractivity contribution in [2.45, 2.75) is 6.42 Å². The number of hydrogen-bond donors (Lipinski definition) is 2. The molecule has 0 bridgehead atoms. The second-order valence-corrected chi connectivity index (χ2v) is 3.44. The van der Waals surface area contributed by atoms with Gasteiger partial charge < -0.3 is 15.2 Å². The van der Waals surface area contributed by atoms with Gasteiger partial charge in [-0.05, 0) is 24.1 Å². The summed E-state index contributed by atoms with van der Waals surface area (Å²) in [6.07, 6.45) is 2.43. The number of nitrogens with two attached hydrogens (primary N) is 1. The highest BCUT2D eigenvalue weighted by molar-refractivity contribution is 5.79. The third-order valence-corrected chi connectivity index (χ3v) is 2.30. The van der Waals surface area contributed by atoms with Crippen LogP contribution in [0.15, 0.2) is 23.2 Å². The number of nitrogens with zero attached hydrogens (tertiary/aromatic N) is 2. The van der Waals surface area contributed by atoms with Crippen LogP contribution < -0.4 is 20.5 Å². The van der Waals surface area contributed by atoms with Crippen LogP contribution in [0.25, 0.3) is 0 Å². The van der Waals surface area contributed by atoms with Crippen molar-refractivity contribution in [2.75, 3.05) is 13.3 Å². The molecule has 0 saturated carbocycles. The molecule has 1 aliphatic heterocycles. The van der Waals surface area contributed by atoms with Gasteiger partial charge in [0.15, 0.2) is 17.7 Å². The fourth-order valence-electron chi connectivity index (χ4n) is 1.50. The number of fused-ring (bicyclic) bond motifs is 1. The first-order valence-electron chi connectivity index (χ1n) is 5.13. The van der Waals surface area contributed by atoms with Gasteiger partial charge in [0.1, 0.15) is 0 Å². The maximum atomic E-state index is 8.31. The smallest absolute Gasteiger partial charge is 0.231 e. The van der Waals surface area contributed by atoms with E-state index in [1.807, 2.05) is 18.2 Å². The first-order chi connectivity index (χ1) is 8.29. The molecule has 0 radical (unpaired) electrons. The van der Waals surface area contributed by atoms with Gasteiger partial charge in [0.05, 0.1) is 0 Å². The summed E-state index contributed by atoms with van der Waals surface area (Å²) in [5, 5.41) is 10.6. The van der Waals surface area contributed by atoms with Gasteiger partial charge >= 0.3 is 0 Å². The van der Waals surface area contributed by atoms with Crippen LogP contribution in [0.2, 0.25) is 0 Å². The zero-order valence-corrected chi connectivity index (χ0v) is 9.14. The monoisotopic (exact) mass is 232 g/mol. The maximum Gasteiger partial charge on any atom is 0.231 e. The minimum absolute atomic E-state index is 0.133. The van der Waals surface area contributed by atoms with Gasteiger partial charge in [0.2, 0.25) is 12.8 Å². The number of ether oxygens (including phenoxy) is 2. The third kappa shape index (κ3) is 2.78. The van der Waals surface area contributed by atoms with Crippen molar-refractivity contribution in [3.63, 3.8) is 0 Å². The maximum absolute atomic E-state index is 8.31. The van der Waals surface area contributed by atoms with E-state index in [9.17, 15) is 0 Å². The van der Waals surface area contributed by atoms with E-state index < -0.39 is 0 Å². The molecule has 6 nitrogen and oxygen atoms in total. The molecule has 0 amide bonds. The summed E-state index contributed by atoms with van der Waals surface area (Å²) in [6, 6.07) is 5.75. The molecule has 1 aromatic rings. The number of nitriles is 1. The SMILES string of the molecule is N#CNC(N)=NCCc1ccc2c(c1)OCO2. The summed E-state index contributed by atoms with van der Waals surface area (Å²) in [7, 11) is 0. The molecule has 0 aliphatic carbocycles. The third-order valence-electron chi connectivity index (χ3n) is 2.30. The lowest BCUT2D eigenvalue weighted by molar-refractivity contribution is 0.174. The zero-order valence-electron chi connectivity index (χ0n) is 9.14. The van der Waals surface area contributed by atoms with Crippen LogP contribution in [0.1, 0.15) is 5.56 Å². The Labute approximate surface area is 98.7 Å².